The number of likely N-dealkylation sites (tertiary alicyclic amines) is 1. The topological polar surface area (TPSA) is 67.6 Å². The van der Waals surface area contributed by atoms with E-state index >= 15 is 0 Å². The van der Waals surface area contributed by atoms with Gasteiger partial charge < -0.3 is 20.7 Å². The Bertz CT molecular complexity index is 426. The Hall–Kier alpha value is -1.75. The number of nitrogens with zero attached hydrogens (tertiary/aromatic N) is 1. The molecule has 18 heavy (non-hydrogen) atoms. The zero-order valence-corrected chi connectivity index (χ0v) is 10.6. The molecule has 0 aromatic heterocycles. The van der Waals surface area contributed by atoms with Crippen LogP contribution in [0.4, 0.5) is 0 Å². The fourth-order valence-corrected chi connectivity index (χ4v) is 2.24. The van der Waals surface area contributed by atoms with Crippen LogP contribution in [0.15, 0.2) is 36.2 Å². The number of hydrogen-bond acceptors (Lipinski definition) is 5. The Labute approximate surface area is 107 Å². The van der Waals surface area contributed by atoms with Gasteiger partial charge in [0.1, 0.15) is 23.5 Å². The van der Waals surface area contributed by atoms with Crippen LogP contribution < -0.4 is 11.1 Å². The molecule has 2 heterocycles. The highest BCUT2D eigenvalue weighted by Gasteiger charge is 2.26. The number of hydrogen-bond donors (Lipinski definition) is 2. The minimum atomic E-state index is -0.00344. The molecule has 0 aromatic carbocycles. The van der Waals surface area contributed by atoms with Crippen molar-refractivity contribution in [3.8, 4) is 0 Å². The van der Waals surface area contributed by atoms with Gasteiger partial charge in [-0.1, -0.05) is 6.58 Å². The second-order valence-electron chi connectivity index (χ2n) is 4.59. The molecular weight excluding hydrogens is 230 g/mol. The average molecular weight is 249 g/mol. The van der Waals surface area contributed by atoms with Crippen molar-refractivity contribution in [1.82, 2.24) is 10.2 Å². The Morgan fingerprint density at radius 3 is 3.11 bits per heavy atom. The third-order valence-electron chi connectivity index (χ3n) is 3.13. The molecule has 1 saturated heterocycles. The monoisotopic (exact) mass is 249 g/mol. The normalized spacial score (nSPS) is 22.8. The van der Waals surface area contributed by atoms with E-state index in [4.69, 9.17) is 10.5 Å². The summed E-state index contributed by atoms with van der Waals surface area (Å²) in [5, 5.41) is 3.10. The maximum absolute atomic E-state index is 11.2. The number of nitrogens with two attached hydrogens (primary N) is 1. The molecule has 1 unspecified atom stereocenters. The second-order valence-corrected chi connectivity index (χ2v) is 4.59. The maximum atomic E-state index is 11.2. The van der Waals surface area contributed by atoms with Crippen molar-refractivity contribution in [2.75, 3.05) is 6.54 Å². The third kappa shape index (κ3) is 2.56. The van der Waals surface area contributed by atoms with E-state index in [1.165, 1.54) is 13.2 Å². The second kappa shape index (κ2) is 5.27. The highest BCUT2D eigenvalue weighted by molar-refractivity contribution is 5.78. The van der Waals surface area contributed by atoms with E-state index < -0.39 is 0 Å². The fraction of sp³-hybridized carbons (Fsp3) is 0.462. The first-order valence-electron chi connectivity index (χ1n) is 6.12. The Morgan fingerprint density at radius 1 is 1.72 bits per heavy atom. The number of carbonyl (C=O) groups is 1. The molecule has 2 aliphatic rings. The SMILES string of the molecule is C=C(C1=C(CC(C)=O)OC=CN1)N1CCCC1N. The van der Waals surface area contributed by atoms with Gasteiger partial charge in [0.2, 0.25) is 0 Å². The molecule has 0 amide bonds. The minimum absolute atomic E-state index is 0.00344. The highest BCUT2D eigenvalue weighted by atomic mass is 16.5. The van der Waals surface area contributed by atoms with Gasteiger partial charge in [-0.05, 0) is 19.8 Å². The number of Topliss-reactive ketones (excluding diaryl/α,β-unsaturated/α-hetero) is 1. The van der Waals surface area contributed by atoms with Crippen molar-refractivity contribution in [2.45, 2.75) is 32.4 Å². The van der Waals surface area contributed by atoms with Gasteiger partial charge >= 0.3 is 0 Å². The molecular formula is C13H19N3O2. The number of ether oxygens (including phenoxy) is 1. The van der Waals surface area contributed by atoms with Crippen molar-refractivity contribution in [3.63, 3.8) is 0 Å². The predicted octanol–water partition coefficient (Wildman–Crippen LogP) is 1.16. The summed E-state index contributed by atoms with van der Waals surface area (Å²) in [4.78, 5) is 13.3. The van der Waals surface area contributed by atoms with Crippen LogP contribution in [0.5, 0.6) is 0 Å². The van der Waals surface area contributed by atoms with Crippen molar-refractivity contribution in [2.24, 2.45) is 5.73 Å². The third-order valence-corrected chi connectivity index (χ3v) is 3.13. The van der Waals surface area contributed by atoms with Gasteiger partial charge in [-0.3, -0.25) is 4.79 Å². The summed E-state index contributed by atoms with van der Waals surface area (Å²) < 4.78 is 5.40. The molecule has 1 atom stereocenters. The zero-order chi connectivity index (χ0) is 13.1. The van der Waals surface area contributed by atoms with Crippen molar-refractivity contribution < 1.29 is 9.53 Å². The first kappa shape index (κ1) is 12.7. The minimum Gasteiger partial charge on any atom is -0.465 e. The van der Waals surface area contributed by atoms with Crippen molar-refractivity contribution >= 4 is 5.78 Å². The number of rotatable bonds is 4. The average Bonchev–Trinajstić information content (AvgIpc) is 2.74. The maximum Gasteiger partial charge on any atom is 0.137 e. The molecule has 3 N–H and O–H groups in total. The molecule has 98 valence electrons. The van der Waals surface area contributed by atoms with Gasteiger partial charge in [0.15, 0.2) is 0 Å². The summed E-state index contributed by atoms with van der Waals surface area (Å²) in [7, 11) is 0. The summed E-state index contributed by atoms with van der Waals surface area (Å²) in [6, 6.07) is 0. The van der Waals surface area contributed by atoms with Gasteiger partial charge in [0.25, 0.3) is 0 Å². The highest BCUT2D eigenvalue weighted by Crippen LogP contribution is 2.26. The lowest BCUT2D eigenvalue weighted by atomic mass is 10.1. The van der Waals surface area contributed by atoms with E-state index in [-0.39, 0.29) is 18.4 Å². The van der Waals surface area contributed by atoms with Crippen LogP contribution in [0.1, 0.15) is 26.2 Å². The molecule has 0 aliphatic carbocycles. The van der Waals surface area contributed by atoms with E-state index in [0.717, 1.165) is 30.8 Å². The lowest BCUT2D eigenvalue weighted by Crippen LogP contribution is -2.38. The lowest BCUT2D eigenvalue weighted by molar-refractivity contribution is -0.116. The summed E-state index contributed by atoms with van der Waals surface area (Å²) in [6.07, 6.45) is 5.49. The van der Waals surface area contributed by atoms with Crippen LogP contribution in [0.25, 0.3) is 0 Å². The Kier molecular flexibility index (Phi) is 3.72. The van der Waals surface area contributed by atoms with Gasteiger partial charge in [0, 0.05) is 12.7 Å². The van der Waals surface area contributed by atoms with Crippen LogP contribution in [-0.2, 0) is 9.53 Å². The standard InChI is InChI=1S/C13H19N3O2/c1-9(17)8-11-13(15-5-7-18-11)10(2)16-6-3-4-12(16)14/h5,7,12,15H,2-4,6,8,14H2,1H3. The first-order chi connectivity index (χ1) is 8.59. The van der Waals surface area contributed by atoms with Crippen molar-refractivity contribution in [1.29, 1.82) is 0 Å². The molecule has 2 aliphatic heterocycles. The molecule has 0 aromatic rings. The smallest absolute Gasteiger partial charge is 0.137 e. The van der Waals surface area contributed by atoms with Gasteiger partial charge in [-0.25, -0.2) is 0 Å². The van der Waals surface area contributed by atoms with Gasteiger partial charge in [0.05, 0.1) is 18.3 Å². The zero-order valence-electron chi connectivity index (χ0n) is 10.6. The van der Waals surface area contributed by atoms with Crippen LogP contribution in [0.2, 0.25) is 0 Å². The summed E-state index contributed by atoms with van der Waals surface area (Å²) in [5.41, 5.74) is 7.57. The number of allylic oxidation sites excluding steroid dienone is 1. The fourth-order valence-electron chi connectivity index (χ4n) is 2.24. The predicted molar refractivity (Wildman–Crippen MR) is 68.7 cm³/mol. The van der Waals surface area contributed by atoms with Crippen LogP contribution in [-0.4, -0.2) is 23.4 Å². The number of carbonyl (C=O) groups excluding carboxylic acids is 1. The molecule has 5 heteroatoms. The molecule has 0 spiro atoms. The van der Waals surface area contributed by atoms with Crippen LogP contribution >= 0.6 is 0 Å². The number of nitrogens with one attached hydrogen (secondary N) is 1. The quantitative estimate of drug-likeness (QED) is 0.782. The van der Waals surface area contributed by atoms with E-state index in [1.807, 2.05) is 4.90 Å². The van der Waals surface area contributed by atoms with Crippen LogP contribution in [0, 0.1) is 0 Å². The Balaban J connectivity index is 2.19. The largest absolute Gasteiger partial charge is 0.465 e. The summed E-state index contributed by atoms with van der Waals surface area (Å²) in [5.74, 6) is 0.659. The summed E-state index contributed by atoms with van der Waals surface area (Å²) in [6.45, 7) is 6.50. The molecule has 5 nitrogen and oxygen atoms in total. The number of ketones is 1. The molecule has 1 fully saturated rings. The van der Waals surface area contributed by atoms with E-state index in [2.05, 4.69) is 11.9 Å². The van der Waals surface area contributed by atoms with E-state index in [0.29, 0.717) is 5.76 Å². The van der Waals surface area contributed by atoms with Gasteiger partial charge in [-0.15, -0.1) is 0 Å². The van der Waals surface area contributed by atoms with Gasteiger partial charge in [-0.2, -0.15) is 0 Å². The van der Waals surface area contributed by atoms with E-state index in [9.17, 15) is 4.79 Å². The molecule has 0 saturated carbocycles. The van der Waals surface area contributed by atoms with Crippen LogP contribution in [0.3, 0.4) is 0 Å². The summed E-state index contributed by atoms with van der Waals surface area (Å²) >= 11 is 0. The molecule has 2 rings (SSSR count). The molecule has 0 radical (unpaired) electrons. The first-order valence-corrected chi connectivity index (χ1v) is 6.12. The Morgan fingerprint density at radius 2 is 2.50 bits per heavy atom. The van der Waals surface area contributed by atoms with E-state index in [1.54, 1.807) is 6.20 Å². The molecule has 0 bridgehead atoms. The van der Waals surface area contributed by atoms with Crippen molar-refractivity contribution in [3.05, 3.63) is 36.2 Å². The lowest BCUT2D eigenvalue weighted by Gasteiger charge is -2.29.